The van der Waals surface area contributed by atoms with Crippen molar-refractivity contribution in [1.82, 2.24) is 15.1 Å². The highest BCUT2D eigenvalue weighted by molar-refractivity contribution is 7.15. The highest BCUT2D eigenvalue weighted by atomic mass is 32.1. The molecule has 0 aliphatic carbocycles. The molecule has 0 spiro atoms. The molecule has 1 fully saturated rings. The predicted molar refractivity (Wildman–Crippen MR) is 69.9 cm³/mol. The zero-order chi connectivity index (χ0) is 15.6. The minimum absolute atomic E-state index is 0.134. The number of nitrogens with one attached hydrogen (secondary N) is 1. The van der Waals surface area contributed by atoms with Gasteiger partial charge in [0.1, 0.15) is 0 Å². The molecule has 21 heavy (non-hydrogen) atoms. The van der Waals surface area contributed by atoms with Crippen molar-refractivity contribution in [2.24, 2.45) is 5.92 Å². The van der Waals surface area contributed by atoms with Crippen LogP contribution in [-0.2, 0) is 6.18 Å². The maximum atomic E-state index is 12.4. The van der Waals surface area contributed by atoms with Gasteiger partial charge in [-0.2, -0.15) is 13.2 Å². The van der Waals surface area contributed by atoms with Gasteiger partial charge < -0.3 is 10.0 Å². The van der Waals surface area contributed by atoms with E-state index in [1.807, 2.05) is 6.92 Å². The van der Waals surface area contributed by atoms with Crippen LogP contribution < -0.4 is 5.32 Å². The number of amides is 2. The van der Waals surface area contributed by atoms with Crippen LogP contribution in [0.15, 0.2) is 0 Å². The number of anilines is 1. The second kappa shape index (κ2) is 6.14. The number of likely N-dealkylation sites (tertiary alicyclic amines) is 1. The lowest BCUT2D eigenvalue weighted by molar-refractivity contribution is -0.138. The lowest BCUT2D eigenvalue weighted by Gasteiger charge is -2.38. The summed E-state index contributed by atoms with van der Waals surface area (Å²) in [6.45, 7) is 2.19. The molecule has 1 saturated heterocycles. The van der Waals surface area contributed by atoms with Crippen LogP contribution in [-0.4, -0.2) is 45.4 Å². The molecule has 0 bridgehead atoms. The number of hydrogen-bond donors (Lipinski definition) is 2. The Balaban J connectivity index is 2.05. The highest BCUT2D eigenvalue weighted by Gasteiger charge is 2.36. The third-order valence-corrected chi connectivity index (χ3v) is 4.33. The number of carbonyl (C=O) groups excluding carboxylic acids is 1. The van der Waals surface area contributed by atoms with Gasteiger partial charge in [-0.3, -0.25) is 5.32 Å². The van der Waals surface area contributed by atoms with Gasteiger partial charge in [-0.1, -0.05) is 18.3 Å². The van der Waals surface area contributed by atoms with Crippen molar-refractivity contribution in [2.45, 2.75) is 32.0 Å². The van der Waals surface area contributed by atoms with Crippen molar-refractivity contribution in [3.8, 4) is 0 Å². The molecule has 0 saturated carbocycles. The van der Waals surface area contributed by atoms with E-state index in [1.165, 1.54) is 4.90 Å². The van der Waals surface area contributed by atoms with Gasteiger partial charge in [-0.05, 0) is 18.8 Å². The summed E-state index contributed by atoms with van der Waals surface area (Å²) in [6.07, 6.45) is -2.89. The molecule has 0 radical (unpaired) electrons. The fraction of sp³-hybridized carbons (Fsp3) is 0.727. The number of aromatic nitrogens is 2. The van der Waals surface area contributed by atoms with E-state index in [2.05, 4.69) is 15.5 Å². The third-order valence-electron chi connectivity index (χ3n) is 3.44. The Hall–Kier alpha value is -1.42. The highest BCUT2D eigenvalue weighted by Crippen LogP contribution is 2.33. The molecule has 1 aromatic rings. The van der Waals surface area contributed by atoms with Gasteiger partial charge in [0.2, 0.25) is 10.1 Å². The standard InChI is InChI=1S/C11H15F3N4O2S/c1-6-3-2-4-18(7(6)5-19)10(20)15-9-17-16-8(21-9)11(12,13)14/h6-7,19H,2-5H2,1H3,(H,15,17,20). The Kier molecular flexibility index (Phi) is 4.67. The van der Waals surface area contributed by atoms with Crippen molar-refractivity contribution < 1.29 is 23.1 Å². The molecule has 2 heterocycles. The van der Waals surface area contributed by atoms with E-state index in [9.17, 15) is 23.1 Å². The van der Waals surface area contributed by atoms with Crippen LogP contribution in [0.3, 0.4) is 0 Å². The van der Waals surface area contributed by atoms with E-state index in [0.29, 0.717) is 6.54 Å². The molecule has 10 heteroatoms. The SMILES string of the molecule is CC1CCCN(C(=O)Nc2nnc(C(F)(F)F)s2)C1CO. The van der Waals surface area contributed by atoms with Gasteiger partial charge >= 0.3 is 12.2 Å². The van der Waals surface area contributed by atoms with Crippen molar-refractivity contribution in [1.29, 1.82) is 0 Å². The minimum Gasteiger partial charge on any atom is -0.394 e. The van der Waals surface area contributed by atoms with Crippen LogP contribution in [0.1, 0.15) is 24.8 Å². The number of alkyl halides is 3. The fourth-order valence-electron chi connectivity index (χ4n) is 2.33. The first kappa shape index (κ1) is 16.0. The average Bonchev–Trinajstić information content (AvgIpc) is 2.86. The zero-order valence-corrected chi connectivity index (χ0v) is 12.0. The second-order valence-electron chi connectivity index (χ2n) is 4.90. The molecular weight excluding hydrogens is 309 g/mol. The largest absolute Gasteiger partial charge is 0.445 e. The quantitative estimate of drug-likeness (QED) is 0.874. The smallest absolute Gasteiger partial charge is 0.394 e. The van der Waals surface area contributed by atoms with Crippen molar-refractivity contribution in [3.05, 3.63) is 5.01 Å². The monoisotopic (exact) mass is 324 g/mol. The molecule has 2 unspecified atom stereocenters. The number of piperidine rings is 1. The molecular formula is C11H15F3N4O2S. The average molecular weight is 324 g/mol. The van der Waals surface area contributed by atoms with E-state index >= 15 is 0 Å². The first-order valence-corrected chi connectivity index (χ1v) is 7.23. The summed E-state index contributed by atoms with van der Waals surface area (Å²) in [4.78, 5) is 13.5. The topological polar surface area (TPSA) is 78.4 Å². The number of nitrogens with zero attached hydrogens (tertiary/aromatic N) is 3. The predicted octanol–water partition coefficient (Wildman–Crippen LogP) is 2.18. The molecule has 1 aliphatic rings. The maximum Gasteiger partial charge on any atom is 0.445 e. The summed E-state index contributed by atoms with van der Waals surface area (Å²) >= 11 is 0.273. The molecule has 118 valence electrons. The maximum absolute atomic E-state index is 12.4. The van der Waals surface area contributed by atoms with Crippen LogP contribution >= 0.6 is 11.3 Å². The first-order chi connectivity index (χ1) is 9.82. The van der Waals surface area contributed by atoms with Gasteiger partial charge in [-0.25, -0.2) is 4.79 Å². The Morgan fingerprint density at radius 3 is 2.81 bits per heavy atom. The molecule has 2 amide bonds. The Morgan fingerprint density at radius 1 is 1.52 bits per heavy atom. The number of urea groups is 1. The third kappa shape index (κ3) is 3.62. The first-order valence-electron chi connectivity index (χ1n) is 6.42. The van der Waals surface area contributed by atoms with Crippen LogP contribution in [0.4, 0.5) is 23.1 Å². The van der Waals surface area contributed by atoms with E-state index in [1.54, 1.807) is 0 Å². The van der Waals surface area contributed by atoms with Gasteiger partial charge in [0.05, 0.1) is 12.6 Å². The molecule has 2 atom stereocenters. The Labute approximate surface area is 123 Å². The van der Waals surface area contributed by atoms with Gasteiger partial charge in [0.25, 0.3) is 0 Å². The Bertz CT molecular complexity index is 508. The van der Waals surface area contributed by atoms with E-state index in [4.69, 9.17) is 0 Å². The van der Waals surface area contributed by atoms with Crippen molar-refractivity contribution in [2.75, 3.05) is 18.5 Å². The molecule has 1 aliphatic heterocycles. The normalized spacial score (nSPS) is 23.2. The molecule has 2 N–H and O–H groups in total. The Morgan fingerprint density at radius 2 is 2.24 bits per heavy atom. The van der Waals surface area contributed by atoms with E-state index in [0.717, 1.165) is 12.8 Å². The molecule has 0 aromatic carbocycles. The van der Waals surface area contributed by atoms with E-state index in [-0.39, 0.29) is 35.0 Å². The number of carbonyl (C=O) groups is 1. The number of hydrogen-bond acceptors (Lipinski definition) is 5. The van der Waals surface area contributed by atoms with Crippen molar-refractivity contribution >= 4 is 22.5 Å². The number of aliphatic hydroxyl groups is 1. The van der Waals surface area contributed by atoms with Crippen molar-refractivity contribution in [3.63, 3.8) is 0 Å². The molecule has 1 aromatic heterocycles. The number of rotatable bonds is 2. The zero-order valence-electron chi connectivity index (χ0n) is 11.2. The van der Waals surface area contributed by atoms with E-state index < -0.39 is 17.2 Å². The fourth-order valence-corrected chi connectivity index (χ4v) is 2.93. The molecule has 6 nitrogen and oxygen atoms in total. The van der Waals surface area contributed by atoms with Gasteiger partial charge in [0.15, 0.2) is 0 Å². The molecule has 2 rings (SSSR count). The summed E-state index contributed by atoms with van der Waals surface area (Å²) in [5.74, 6) is 0.134. The second-order valence-corrected chi connectivity index (χ2v) is 5.88. The van der Waals surface area contributed by atoms with Crippen LogP contribution in [0.5, 0.6) is 0 Å². The summed E-state index contributed by atoms with van der Waals surface area (Å²) in [7, 11) is 0. The number of aliphatic hydroxyl groups excluding tert-OH is 1. The van der Waals surface area contributed by atoms with Gasteiger partial charge in [-0.15, -0.1) is 10.2 Å². The summed E-state index contributed by atoms with van der Waals surface area (Å²) < 4.78 is 37.2. The van der Waals surface area contributed by atoms with Gasteiger partial charge in [0, 0.05) is 6.54 Å². The van der Waals surface area contributed by atoms with Crippen LogP contribution in [0.2, 0.25) is 0 Å². The van der Waals surface area contributed by atoms with Crippen LogP contribution in [0.25, 0.3) is 0 Å². The summed E-state index contributed by atoms with van der Waals surface area (Å²) in [5.41, 5.74) is 0. The summed E-state index contributed by atoms with van der Waals surface area (Å²) in [5, 5.41) is 16.7. The minimum atomic E-state index is -4.58. The van der Waals surface area contributed by atoms with Crippen LogP contribution in [0, 0.1) is 5.92 Å². The summed E-state index contributed by atoms with van der Waals surface area (Å²) in [6, 6.07) is -0.903. The lowest BCUT2D eigenvalue weighted by Crippen LogP contribution is -2.51. The number of halogens is 3. The lowest BCUT2D eigenvalue weighted by atomic mass is 9.91.